The van der Waals surface area contributed by atoms with Crippen LogP contribution in [0.4, 0.5) is 9.18 Å². The van der Waals surface area contributed by atoms with Gasteiger partial charge in [0.05, 0.1) is 13.1 Å². The zero-order valence-electron chi connectivity index (χ0n) is 23.7. The van der Waals surface area contributed by atoms with Gasteiger partial charge in [-0.1, -0.05) is 69.2 Å². The number of amides is 4. The fourth-order valence-electron chi connectivity index (χ4n) is 5.66. The molecule has 0 aromatic heterocycles. The molecule has 2 atom stereocenters. The van der Waals surface area contributed by atoms with E-state index in [1.54, 1.807) is 27.1 Å². The predicted molar refractivity (Wildman–Crippen MR) is 152 cm³/mol. The summed E-state index contributed by atoms with van der Waals surface area (Å²) in [6, 6.07) is 15.6. The van der Waals surface area contributed by atoms with Gasteiger partial charge in [0.1, 0.15) is 18.0 Å². The standard InChI is InChI=1S/C31H42FN5O3/c1-3-5-18-33-31(40)37-28-22-34(19-10-9-15-24-13-7-6-8-14-24)30(39)27(12-4-2)36(28)29(38)23-35(37)21-25-16-11-17-26(32)20-25/h6-8,11,13-14,16-17,20,27-28H,3-5,9-10,12,15,18-19,21-23H2,1-2H3,(H,33,40)/t27-,28-/m0/s1. The molecule has 8 nitrogen and oxygen atoms in total. The van der Waals surface area contributed by atoms with E-state index >= 15 is 0 Å². The average Bonchev–Trinajstić information content (AvgIpc) is 2.94. The first-order chi connectivity index (χ1) is 19.4. The number of hydrogen-bond donors (Lipinski definition) is 1. The first-order valence-corrected chi connectivity index (χ1v) is 14.6. The number of fused-ring (bicyclic) bond motifs is 1. The van der Waals surface area contributed by atoms with Crippen molar-refractivity contribution in [2.75, 3.05) is 26.2 Å². The number of carbonyl (C=O) groups excluding carboxylic acids is 3. The monoisotopic (exact) mass is 551 g/mol. The Labute approximate surface area is 237 Å². The molecule has 2 heterocycles. The van der Waals surface area contributed by atoms with Crippen LogP contribution >= 0.6 is 0 Å². The van der Waals surface area contributed by atoms with Crippen LogP contribution in [0.15, 0.2) is 54.6 Å². The van der Waals surface area contributed by atoms with Gasteiger partial charge in [0, 0.05) is 19.6 Å². The summed E-state index contributed by atoms with van der Waals surface area (Å²) in [5.74, 6) is -0.597. The second-order valence-corrected chi connectivity index (χ2v) is 10.7. The highest BCUT2D eigenvalue weighted by molar-refractivity contribution is 5.91. The minimum Gasteiger partial charge on any atom is -0.337 e. The zero-order chi connectivity index (χ0) is 28.5. The molecule has 2 aromatic rings. The highest BCUT2D eigenvalue weighted by Crippen LogP contribution is 2.29. The fraction of sp³-hybridized carbons (Fsp3) is 0.516. The molecule has 2 aliphatic heterocycles. The van der Waals surface area contributed by atoms with E-state index in [-0.39, 0.29) is 43.3 Å². The topological polar surface area (TPSA) is 76.2 Å². The number of benzene rings is 2. The van der Waals surface area contributed by atoms with Gasteiger partial charge in [-0.15, -0.1) is 0 Å². The summed E-state index contributed by atoms with van der Waals surface area (Å²) in [6.45, 7) is 5.54. The second kappa shape index (κ2) is 14.3. The van der Waals surface area contributed by atoms with E-state index in [2.05, 4.69) is 24.4 Å². The lowest BCUT2D eigenvalue weighted by atomic mass is 10.0. The number of urea groups is 1. The number of rotatable bonds is 12. The molecule has 1 N–H and O–H groups in total. The van der Waals surface area contributed by atoms with E-state index in [0.717, 1.165) is 38.5 Å². The summed E-state index contributed by atoms with van der Waals surface area (Å²) in [6.07, 6.45) is 5.12. The van der Waals surface area contributed by atoms with Crippen LogP contribution in [-0.4, -0.2) is 76.0 Å². The Morgan fingerprint density at radius 1 is 0.975 bits per heavy atom. The number of halogens is 1. The Morgan fingerprint density at radius 2 is 1.75 bits per heavy atom. The normalized spacial score (nSPS) is 19.6. The van der Waals surface area contributed by atoms with Gasteiger partial charge >= 0.3 is 6.03 Å². The summed E-state index contributed by atoms with van der Waals surface area (Å²) in [4.78, 5) is 44.3. The number of piperazine rings is 1. The van der Waals surface area contributed by atoms with Crippen LogP contribution in [-0.2, 0) is 22.6 Å². The third-order valence-electron chi connectivity index (χ3n) is 7.65. The van der Waals surface area contributed by atoms with Crippen molar-refractivity contribution in [2.45, 2.75) is 77.5 Å². The first-order valence-electron chi connectivity index (χ1n) is 14.6. The molecule has 4 rings (SSSR count). The summed E-state index contributed by atoms with van der Waals surface area (Å²) in [5.41, 5.74) is 1.94. The van der Waals surface area contributed by atoms with Crippen molar-refractivity contribution in [3.8, 4) is 0 Å². The quantitative estimate of drug-likeness (QED) is 0.393. The van der Waals surface area contributed by atoms with Crippen LogP contribution in [0.1, 0.15) is 63.5 Å². The van der Waals surface area contributed by atoms with E-state index in [9.17, 15) is 18.8 Å². The Balaban J connectivity index is 1.56. The number of nitrogens with one attached hydrogen (secondary N) is 1. The van der Waals surface area contributed by atoms with Crippen molar-refractivity contribution in [1.29, 1.82) is 0 Å². The zero-order valence-corrected chi connectivity index (χ0v) is 23.7. The van der Waals surface area contributed by atoms with Crippen molar-refractivity contribution >= 4 is 17.8 Å². The SMILES string of the molecule is CCCCNC(=O)N1[C@H]2CN(CCCCc3ccccc3)C(=O)[C@H](CCC)N2C(=O)CN1Cc1cccc(F)c1. The van der Waals surface area contributed by atoms with Gasteiger partial charge in [-0.2, -0.15) is 0 Å². The molecule has 0 unspecified atom stereocenters. The number of unbranched alkanes of at least 4 members (excludes halogenated alkanes) is 2. The molecule has 0 saturated carbocycles. The summed E-state index contributed by atoms with van der Waals surface area (Å²) in [7, 11) is 0. The summed E-state index contributed by atoms with van der Waals surface area (Å²) >= 11 is 0. The molecule has 2 saturated heterocycles. The van der Waals surface area contributed by atoms with Gasteiger partial charge in [0.2, 0.25) is 11.8 Å². The predicted octanol–water partition coefficient (Wildman–Crippen LogP) is 4.56. The molecule has 9 heteroatoms. The molecule has 2 aromatic carbocycles. The largest absolute Gasteiger partial charge is 0.337 e. The number of nitrogens with zero attached hydrogens (tertiary/aromatic N) is 4. The third kappa shape index (κ3) is 7.18. The van der Waals surface area contributed by atoms with Gasteiger partial charge < -0.3 is 15.1 Å². The molecular weight excluding hydrogens is 509 g/mol. The van der Waals surface area contributed by atoms with Crippen LogP contribution in [0.5, 0.6) is 0 Å². The maximum atomic E-state index is 14.0. The van der Waals surface area contributed by atoms with Crippen molar-refractivity contribution < 1.29 is 18.8 Å². The first kappa shape index (κ1) is 29.5. The maximum absolute atomic E-state index is 14.0. The Kier molecular flexibility index (Phi) is 10.5. The number of aryl methyl sites for hydroxylation is 1. The summed E-state index contributed by atoms with van der Waals surface area (Å²) in [5, 5.41) is 6.31. The van der Waals surface area contributed by atoms with Crippen molar-refractivity contribution in [1.82, 2.24) is 25.1 Å². The highest BCUT2D eigenvalue weighted by atomic mass is 19.1. The lowest BCUT2D eigenvalue weighted by Gasteiger charge is -2.55. The molecule has 0 aliphatic carbocycles. The lowest BCUT2D eigenvalue weighted by molar-refractivity contribution is -0.192. The molecule has 0 spiro atoms. The lowest BCUT2D eigenvalue weighted by Crippen LogP contribution is -2.76. The van der Waals surface area contributed by atoms with E-state index in [1.807, 2.05) is 30.0 Å². The van der Waals surface area contributed by atoms with Crippen LogP contribution in [0.3, 0.4) is 0 Å². The summed E-state index contributed by atoms with van der Waals surface area (Å²) < 4.78 is 14.0. The minimum atomic E-state index is -0.625. The fourth-order valence-corrected chi connectivity index (χ4v) is 5.66. The number of hydrazine groups is 1. The Morgan fingerprint density at radius 3 is 2.48 bits per heavy atom. The molecule has 40 heavy (non-hydrogen) atoms. The molecule has 2 aliphatic rings. The van der Waals surface area contributed by atoms with Crippen LogP contribution in [0, 0.1) is 5.82 Å². The number of hydrogen-bond acceptors (Lipinski definition) is 4. The Bertz CT molecular complexity index is 1150. The third-order valence-corrected chi connectivity index (χ3v) is 7.65. The highest BCUT2D eigenvalue weighted by Gasteiger charge is 2.50. The molecule has 2 fully saturated rings. The second-order valence-electron chi connectivity index (χ2n) is 10.7. The van der Waals surface area contributed by atoms with Gasteiger partial charge in [0.15, 0.2) is 0 Å². The van der Waals surface area contributed by atoms with Crippen molar-refractivity contribution in [3.05, 3.63) is 71.5 Å². The van der Waals surface area contributed by atoms with Crippen molar-refractivity contribution in [2.24, 2.45) is 0 Å². The number of carbonyl (C=O) groups is 3. The van der Waals surface area contributed by atoms with E-state index in [4.69, 9.17) is 0 Å². The minimum absolute atomic E-state index is 0.0453. The van der Waals surface area contributed by atoms with E-state index in [0.29, 0.717) is 25.1 Å². The van der Waals surface area contributed by atoms with Crippen LogP contribution < -0.4 is 5.32 Å². The maximum Gasteiger partial charge on any atom is 0.333 e. The molecule has 4 amide bonds. The molecule has 0 bridgehead atoms. The van der Waals surface area contributed by atoms with Gasteiger partial charge in [0.25, 0.3) is 0 Å². The van der Waals surface area contributed by atoms with E-state index < -0.39 is 12.2 Å². The van der Waals surface area contributed by atoms with Crippen LogP contribution in [0.2, 0.25) is 0 Å². The average molecular weight is 552 g/mol. The van der Waals surface area contributed by atoms with Gasteiger partial charge in [-0.25, -0.2) is 19.2 Å². The Hall–Kier alpha value is -3.46. The smallest absolute Gasteiger partial charge is 0.333 e. The molecular formula is C31H42FN5O3. The van der Waals surface area contributed by atoms with Crippen molar-refractivity contribution in [3.63, 3.8) is 0 Å². The van der Waals surface area contributed by atoms with E-state index in [1.165, 1.54) is 17.7 Å². The van der Waals surface area contributed by atoms with Crippen LogP contribution in [0.25, 0.3) is 0 Å². The van der Waals surface area contributed by atoms with Gasteiger partial charge in [-0.3, -0.25) is 9.59 Å². The molecule has 0 radical (unpaired) electrons. The molecule has 216 valence electrons. The van der Waals surface area contributed by atoms with Gasteiger partial charge in [-0.05, 0) is 55.4 Å².